The molecule has 3 heteroatoms. The Bertz CT molecular complexity index is 501. The second-order valence-corrected chi connectivity index (χ2v) is 5.89. The first kappa shape index (κ1) is 14.4. The van der Waals surface area contributed by atoms with Crippen LogP contribution in [0.5, 0.6) is 0 Å². The topological polar surface area (TPSA) is 12.0 Å². The Morgan fingerprint density at radius 2 is 1.74 bits per heavy atom. The average Bonchev–Trinajstić information content (AvgIpc) is 2.46. The number of likely N-dealkylation sites (N-methyl/N-ethyl adjacent to an activating group) is 1. The zero-order chi connectivity index (χ0) is 13.5. The molecule has 2 rings (SSSR count). The van der Waals surface area contributed by atoms with E-state index in [9.17, 15) is 0 Å². The van der Waals surface area contributed by atoms with Crippen LogP contribution in [0.15, 0.2) is 59.5 Å². The summed E-state index contributed by atoms with van der Waals surface area (Å²) in [7, 11) is 2.01. The number of hydrogen-bond donors (Lipinski definition) is 1. The number of benzene rings is 2. The molecule has 0 spiro atoms. The molecule has 0 amide bonds. The molecule has 0 aliphatic rings. The summed E-state index contributed by atoms with van der Waals surface area (Å²) < 4.78 is 0. The smallest absolute Gasteiger partial charge is 0.0541 e. The van der Waals surface area contributed by atoms with Crippen molar-refractivity contribution in [3.8, 4) is 0 Å². The first-order valence-corrected chi connectivity index (χ1v) is 7.74. The lowest BCUT2D eigenvalue weighted by atomic mass is 10.1. The summed E-state index contributed by atoms with van der Waals surface area (Å²) in [6, 6.07) is 19.0. The molecular formula is C16H18ClNS. The van der Waals surface area contributed by atoms with Gasteiger partial charge in [0.2, 0.25) is 0 Å². The van der Waals surface area contributed by atoms with Gasteiger partial charge in [-0.1, -0.05) is 54.1 Å². The Kier molecular flexibility index (Phi) is 5.77. The van der Waals surface area contributed by atoms with E-state index in [2.05, 4.69) is 41.7 Å². The van der Waals surface area contributed by atoms with Gasteiger partial charge < -0.3 is 5.32 Å². The summed E-state index contributed by atoms with van der Waals surface area (Å²) in [5.74, 6) is 1.01. The Balaban J connectivity index is 1.91. The van der Waals surface area contributed by atoms with Gasteiger partial charge in [0, 0.05) is 16.7 Å². The molecule has 0 saturated heterocycles. The van der Waals surface area contributed by atoms with Crippen LogP contribution in [0.1, 0.15) is 5.56 Å². The standard InChI is InChI=1S/C16H18ClNS/c1-18-14(11-13-7-3-2-4-8-13)12-19-16-10-6-5-9-15(16)17/h2-10,14,18H,11-12H2,1H3. The first-order valence-electron chi connectivity index (χ1n) is 6.38. The van der Waals surface area contributed by atoms with Gasteiger partial charge in [-0.3, -0.25) is 0 Å². The third-order valence-electron chi connectivity index (χ3n) is 3.01. The summed E-state index contributed by atoms with van der Waals surface area (Å²) in [5, 5.41) is 4.21. The number of rotatable bonds is 6. The van der Waals surface area contributed by atoms with E-state index in [1.54, 1.807) is 11.8 Å². The fourth-order valence-electron chi connectivity index (χ4n) is 1.90. The molecule has 1 unspecified atom stereocenters. The molecule has 1 N–H and O–H groups in total. The van der Waals surface area contributed by atoms with Crippen LogP contribution in [0.3, 0.4) is 0 Å². The highest BCUT2D eigenvalue weighted by Crippen LogP contribution is 2.27. The summed E-state index contributed by atoms with van der Waals surface area (Å²) in [4.78, 5) is 1.15. The predicted molar refractivity (Wildman–Crippen MR) is 85.2 cm³/mol. The van der Waals surface area contributed by atoms with E-state index in [1.165, 1.54) is 5.56 Å². The molecule has 0 heterocycles. The molecule has 0 saturated carbocycles. The van der Waals surface area contributed by atoms with Gasteiger partial charge in [-0.15, -0.1) is 11.8 Å². The zero-order valence-electron chi connectivity index (χ0n) is 11.0. The van der Waals surface area contributed by atoms with Crippen LogP contribution in [0.2, 0.25) is 5.02 Å². The van der Waals surface area contributed by atoms with Crippen LogP contribution in [-0.4, -0.2) is 18.8 Å². The molecule has 0 bridgehead atoms. The molecule has 19 heavy (non-hydrogen) atoms. The van der Waals surface area contributed by atoms with E-state index in [4.69, 9.17) is 11.6 Å². The van der Waals surface area contributed by atoms with Gasteiger partial charge in [0.25, 0.3) is 0 Å². The summed E-state index contributed by atoms with van der Waals surface area (Å²) in [5.41, 5.74) is 1.36. The highest BCUT2D eigenvalue weighted by Gasteiger charge is 2.09. The van der Waals surface area contributed by atoms with Gasteiger partial charge in [-0.25, -0.2) is 0 Å². The SMILES string of the molecule is CNC(CSc1ccccc1Cl)Cc1ccccc1. The maximum absolute atomic E-state index is 6.17. The van der Waals surface area contributed by atoms with E-state index in [0.717, 1.165) is 22.1 Å². The summed E-state index contributed by atoms with van der Waals surface area (Å²) in [6.07, 6.45) is 1.04. The third kappa shape index (κ3) is 4.57. The maximum atomic E-state index is 6.17. The van der Waals surface area contributed by atoms with Crippen LogP contribution >= 0.6 is 23.4 Å². The van der Waals surface area contributed by atoms with Crippen LogP contribution < -0.4 is 5.32 Å². The van der Waals surface area contributed by atoms with Crippen molar-refractivity contribution in [2.24, 2.45) is 0 Å². The molecule has 2 aromatic rings. The van der Waals surface area contributed by atoms with Gasteiger partial charge >= 0.3 is 0 Å². The second kappa shape index (κ2) is 7.59. The molecule has 1 atom stereocenters. The van der Waals surface area contributed by atoms with Gasteiger partial charge in [0.05, 0.1) is 5.02 Å². The van der Waals surface area contributed by atoms with Crippen molar-refractivity contribution in [2.75, 3.05) is 12.8 Å². The molecule has 0 aromatic heterocycles. The molecule has 0 radical (unpaired) electrons. The van der Waals surface area contributed by atoms with E-state index in [-0.39, 0.29) is 0 Å². The van der Waals surface area contributed by atoms with Crippen molar-refractivity contribution in [3.05, 3.63) is 65.2 Å². The lowest BCUT2D eigenvalue weighted by Gasteiger charge is -2.16. The predicted octanol–water partition coefficient (Wildman–Crippen LogP) is 4.26. The molecule has 0 aliphatic heterocycles. The minimum absolute atomic E-state index is 0.448. The molecule has 2 aromatic carbocycles. The van der Waals surface area contributed by atoms with Crippen molar-refractivity contribution in [1.82, 2.24) is 5.32 Å². The van der Waals surface area contributed by atoms with Crippen molar-refractivity contribution >= 4 is 23.4 Å². The van der Waals surface area contributed by atoms with E-state index < -0.39 is 0 Å². The Hall–Kier alpha value is -0.960. The zero-order valence-corrected chi connectivity index (χ0v) is 12.5. The van der Waals surface area contributed by atoms with E-state index in [0.29, 0.717) is 6.04 Å². The minimum Gasteiger partial charge on any atom is -0.316 e. The summed E-state index contributed by atoms with van der Waals surface area (Å²) >= 11 is 7.97. The Labute approximate surface area is 124 Å². The lowest BCUT2D eigenvalue weighted by Crippen LogP contribution is -2.30. The summed E-state index contributed by atoms with van der Waals surface area (Å²) in [6.45, 7) is 0. The van der Waals surface area contributed by atoms with Crippen LogP contribution in [0.25, 0.3) is 0 Å². The Morgan fingerprint density at radius 3 is 2.42 bits per heavy atom. The van der Waals surface area contributed by atoms with Crippen molar-refractivity contribution < 1.29 is 0 Å². The molecule has 0 fully saturated rings. The maximum Gasteiger partial charge on any atom is 0.0541 e. The highest BCUT2D eigenvalue weighted by atomic mass is 35.5. The Morgan fingerprint density at radius 1 is 1.05 bits per heavy atom. The number of nitrogens with one attached hydrogen (secondary N) is 1. The van der Waals surface area contributed by atoms with E-state index >= 15 is 0 Å². The molecule has 0 aliphatic carbocycles. The normalized spacial score (nSPS) is 12.3. The average molecular weight is 292 g/mol. The van der Waals surface area contributed by atoms with Gasteiger partial charge in [0.1, 0.15) is 0 Å². The number of thioether (sulfide) groups is 1. The molecule has 1 nitrogen and oxygen atoms in total. The fraction of sp³-hybridized carbons (Fsp3) is 0.250. The van der Waals surface area contributed by atoms with Crippen molar-refractivity contribution in [1.29, 1.82) is 0 Å². The van der Waals surface area contributed by atoms with Gasteiger partial charge in [-0.2, -0.15) is 0 Å². The number of hydrogen-bond acceptors (Lipinski definition) is 2. The third-order valence-corrected chi connectivity index (χ3v) is 4.69. The van der Waals surface area contributed by atoms with Gasteiger partial charge in [-0.05, 0) is 31.2 Å². The van der Waals surface area contributed by atoms with Crippen LogP contribution in [0, 0.1) is 0 Å². The second-order valence-electron chi connectivity index (χ2n) is 4.42. The highest BCUT2D eigenvalue weighted by molar-refractivity contribution is 7.99. The molecular weight excluding hydrogens is 274 g/mol. The van der Waals surface area contributed by atoms with Crippen molar-refractivity contribution in [2.45, 2.75) is 17.4 Å². The van der Waals surface area contributed by atoms with Crippen LogP contribution in [-0.2, 0) is 6.42 Å². The largest absolute Gasteiger partial charge is 0.316 e. The monoisotopic (exact) mass is 291 g/mol. The fourth-order valence-corrected chi connectivity index (χ4v) is 3.24. The van der Waals surface area contributed by atoms with Crippen molar-refractivity contribution in [3.63, 3.8) is 0 Å². The minimum atomic E-state index is 0.448. The number of halogens is 1. The molecule has 100 valence electrons. The van der Waals surface area contributed by atoms with E-state index in [1.807, 2.05) is 25.2 Å². The first-order chi connectivity index (χ1) is 9.29. The van der Waals surface area contributed by atoms with Crippen LogP contribution in [0.4, 0.5) is 0 Å². The lowest BCUT2D eigenvalue weighted by molar-refractivity contribution is 0.617. The van der Waals surface area contributed by atoms with Gasteiger partial charge in [0.15, 0.2) is 0 Å². The quantitative estimate of drug-likeness (QED) is 0.798.